The number of rotatable bonds is 12. The number of amides is 1. The summed E-state index contributed by atoms with van der Waals surface area (Å²) in [5.41, 5.74) is 6.91. The Labute approximate surface area is 272 Å². The average Bonchev–Trinajstić information content (AvgIpc) is 3.01. The van der Waals surface area contributed by atoms with Gasteiger partial charge in [-0.2, -0.15) is 0 Å². The summed E-state index contributed by atoms with van der Waals surface area (Å²) in [5, 5.41) is 14.0. The van der Waals surface area contributed by atoms with E-state index < -0.39 is 52.8 Å². The zero-order chi connectivity index (χ0) is 33.3. The van der Waals surface area contributed by atoms with Gasteiger partial charge in [-0.15, -0.1) is 0 Å². The lowest BCUT2D eigenvalue weighted by molar-refractivity contribution is -0.339. The van der Waals surface area contributed by atoms with Gasteiger partial charge in [0.15, 0.2) is 23.0 Å². The molecule has 0 aromatic heterocycles. The maximum Gasteiger partial charge on any atom is 0.228 e. The van der Waals surface area contributed by atoms with Gasteiger partial charge in [0.25, 0.3) is 0 Å². The Morgan fingerprint density at radius 1 is 1.13 bits per heavy atom. The molecule has 0 spiro atoms. The Hall–Kier alpha value is -2.86. The molecule has 0 aliphatic heterocycles. The third-order valence-electron chi connectivity index (χ3n) is 11.0. The molecule has 3 saturated carbocycles. The molecule has 5 rings (SSSR count). The smallest absolute Gasteiger partial charge is 0.228 e. The summed E-state index contributed by atoms with van der Waals surface area (Å²) < 4.78 is 6.21. The van der Waals surface area contributed by atoms with Crippen molar-refractivity contribution in [3.8, 4) is 5.75 Å². The number of likely N-dealkylation sites (N-methyl/N-ethyl adjacent to an activating group) is 1. The summed E-state index contributed by atoms with van der Waals surface area (Å²) in [6.45, 7) is 3.94. The van der Waals surface area contributed by atoms with E-state index in [1.165, 1.54) is 32.1 Å². The third-order valence-corrected chi connectivity index (χ3v) is 11.0. The van der Waals surface area contributed by atoms with E-state index in [0.29, 0.717) is 30.9 Å². The van der Waals surface area contributed by atoms with Gasteiger partial charge in [-0.05, 0) is 75.4 Å². The quantitative estimate of drug-likeness (QED) is 0.134. The van der Waals surface area contributed by atoms with Gasteiger partial charge in [-0.25, -0.2) is 4.89 Å². The lowest BCUT2D eigenvalue weighted by Gasteiger charge is -2.54. The number of fused-ring (bicyclic) bond motifs is 3. The molecular weight excluding hydrogens is 588 g/mol. The highest BCUT2D eigenvalue weighted by atomic mass is 17.1. The molecular formula is C35H52N4O7. The molecule has 1 aromatic carbocycles. The van der Waals surface area contributed by atoms with Crippen LogP contribution in [0.1, 0.15) is 86.2 Å². The van der Waals surface area contributed by atoms with Gasteiger partial charge in [0.1, 0.15) is 11.7 Å². The Bertz CT molecular complexity index is 1340. The second kappa shape index (κ2) is 14.1. The summed E-state index contributed by atoms with van der Waals surface area (Å²) in [6.07, 6.45) is 8.79. The number of Topliss-reactive ketones (excluding diaryl/α,β-unsaturated/α-hetero) is 3. The first-order chi connectivity index (χ1) is 22.0. The van der Waals surface area contributed by atoms with E-state index >= 15 is 0 Å². The first kappa shape index (κ1) is 34.5. The number of nitrogens with two attached hydrogens (primary N) is 1. The summed E-state index contributed by atoms with van der Waals surface area (Å²) >= 11 is 0. The number of anilines is 1. The van der Waals surface area contributed by atoms with Crippen molar-refractivity contribution in [1.29, 1.82) is 0 Å². The van der Waals surface area contributed by atoms with Crippen LogP contribution in [0.2, 0.25) is 0 Å². The Morgan fingerprint density at radius 2 is 1.85 bits per heavy atom. The molecule has 0 radical (unpaired) electrons. The van der Waals surface area contributed by atoms with E-state index in [4.69, 9.17) is 15.4 Å². The fourth-order valence-corrected chi connectivity index (χ4v) is 8.97. The van der Waals surface area contributed by atoms with Crippen LogP contribution in [-0.4, -0.2) is 86.4 Å². The number of ether oxygens (including phenoxy) is 1. The summed E-state index contributed by atoms with van der Waals surface area (Å²) in [4.78, 5) is 63.6. The highest BCUT2D eigenvalue weighted by Gasteiger charge is 2.67. The SMILES string of the molecule is CCCOc1cc(CNCCC2CCCCC2)c(N(C)C)c2c1C(=O)C1C(=O)C3(OO)CC(C(N)=O)C(=O)C(N(C)C)C3CC1C2. The Kier molecular flexibility index (Phi) is 10.6. The molecule has 0 saturated heterocycles. The van der Waals surface area contributed by atoms with Crippen LogP contribution >= 0.6 is 0 Å². The van der Waals surface area contributed by atoms with E-state index in [9.17, 15) is 24.4 Å². The van der Waals surface area contributed by atoms with Gasteiger partial charge in [0.05, 0.1) is 24.1 Å². The van der Waals surface area contributed by atoms with Crippen LogP contribution in [0.25, 0.3) is 0 Å². The fourth-order valence-electron chi connectivity index (χ4n) is 8.97. The molecule has 6 atom stereocenters. The minimum atomic E-state index is -1.91. The predicted octanol–water partition coefficient (Wildman–Crippen LogP) is 3.39. The first-order valence-corrected chi connectivity index (χ1v) is 17.1. The number of hydrogen-bond donors (Lipinski definition) is 3. The standard InChI is InChI=1S/C35H52N4O7/c1-6-14-45-26-17-22(19-37-13-12-20-10-8-7-9-11-20)29(38(2)3)23-15-21-16-25-30(39(4)5)31(40)24(34(36)43)18-35(25,46-44)33(42)27(21)32(41)28(23)26/h17,20-21,24-25,27,30,37,44H,6-16,18-19H2,1-5H3,(H2,36,43). The van der Waals surface area contributed by atoms with Crippen molar-refractivity contribution in [2.75, 3.05) is 46.2 Å². The van der Waals surface area contributed by atoms with E-state index in [2.05, 4.69) is 5.32 Å². The molecule has 4 aliphatic rings. The number of carbonyl (C=O) groups excluding carboxylic acids is 4. The topological polar surface area (TPSA) is 152 Å². The zero-order valence-electron chi connectivity index (χ0n) is 28.1. The number of primary amides is 1. The number of carbonyl (C=O) groups is 4. The summed E-state index contributed by atoms with van der Waals surface area (Å²) in [7, 11) is 7.32. The monoisotopic (exact) mass is 640 g/mol. The molecule has 3 fully saturated rings. The largest absolute Gasteiger partial charge is 0.493 e. The van der Waals surface area contributed by atoms with E-state index in [1.807, 2.05) is 32.0 Å². The first-order valence-electron chi connectivity index (χ1n) is 17.1. The van der Waals surface area contributed by atoms with Crippen molar-refractivity contribution in [3.63, 3.8) is 0 Å². The number of hydrogen-bond acceptors (Lipinski definition) is 10. The number of benzene rings is 1. The van der Waals surface area contributed by atoms with Crippen molar-refractivity contribution < 1.29 is 34.1 Å². The molecule has 254 valence electrons. The summed E-state index contributed by atoms with van der Waals surface area (Å²) in [5.74, 6) is -4.63. The van der Waals surface area contributed by atoms with Crippen LogP contribution in [0.3, 0.4) is 0 Å². The van der Waals surface area contributed by atoms with Gasteiger partial charge >= 0.3 is 0 Å². The van der Waals surface area contributed by atoms with Crippen molar-refractivity contribution in [3.05, 3.63) is 22.8 Å². The van der Waals surface area contributed by atoms with Crippen molar-refractivity contribution >= 4 is 28.9 Å². The van der Waals surface area contributed by atoms with Gasteiger partial charge in [0.2, 0.25) is 5.91 Å². The van der Waals surface area contributed by atoms with Crippen LogP contribution in [-0.2, 0) is 32.2 Å². The maximum atomic E-state index is 14.6. The molecule has 4 N–H and O–H groups in total. The minimum absolute atomic E-state index is 0.282. The molecule has 0 bridgehead atoms. The third kappa shape index (κ3) is 6.11. The predicted molar refractivity (Wildman–Crippen MR) is 174 cm³/mol. The number of nitrogens with one attached hydrogen (secondary N) is 1. The van der Waals surface area contributed by atoms with Crippen LogP contribution in [0.4, 0.5) is 5.69 Å². The van der Waals surface area contributed by atoms with E-state index in [1.54, 1.807) is 19.0 Å². The molecule has 11 heteroatoms. The lowest BCUT2D eigenvalue weighted by atomic mass is 9.52. The lowest BCUT2D eigenvalue weighted by Crippen LogP contribution is -2.70. The average molecular weight is 641 g/mol. The minimum Gasteiger partial charge on any atom is -0.493 e. The second-order valence-electron chi connectivity index (χ2n) is 14.4. The highest BCUT2D eigenvalue weighted by molar-refractivity contribution is 6.18. The van der Waals surface area contributed by atoms with Crippen LogP contribution in [0.15, 0.2) is 6.07 Å². The number of ketones is 3. The van der Waals surface area contributed by atoms with Crippen LogP contribution < -0.4 is 20.7 Å². The molecule has 0 heterocycles. The zero-order valence-corrected chi connectivity index (χ0v) is 28.1. The van der Waals surface area contributed by atoms with Gasteiger partial charge < -0.3 is 20.7 Å². The Balaban J connectivity index is 1.53. The Morgan fingerprint density at radius 3 is 2.46 bits per heavy atom. The molecule has 6 unspecified atom stereocenters. The summed E-state index contributed by atoms with van der Waals surface area (Å²) in [6, 6.07) is 1.05. The maximum absolute atomic E-state index is 14.6. The van der Waals surface area contributed by atoms with Gasteiger partial charge in [-0.3, -0.25) is 29.3 Å². The molecule has 46 heavy (non-hydrogen) atoms. The molecule has 1 amide bonds. The van der Waals surface area contributed by atoms with Crippen LogP contribution in [0, 0.1) is 29.6 Å². The fraction of sp³-hybridized carbons (Fsp3) is 0.714. The van der Waals surface area contributed by atoms with Crippen LogP contribution in [0.5, 0.6) is 5.75 Å². The van der Waals surface area contributed by atoms with Gasteiger partial charge in [-0.1, -0.05) is 39.0 Å². The normalized spacial score (nSPS) is 29.7. The van der Waals surface area contributed by atoms with Crippen molar-refractivity contribution in [2.45, 2.75) is 89.3 Å². The molecule has 1 aromatic rings. The second-order valence-corrected chi connectivity index (χ2v) is 14.4. The molecule has 4 aliphatic carbocycles. The highest BCUT2D eigenvalue weighted by Crippen LogP contribution is 2.54. The van der Waals surface area contributed by atoms with Crippen molar-refractivity contribution in [1.82, 2.24) is 10.2 Å². The number of nitrogens with zero attached hydrogens (tertiary/aromatic N) is 2. The molecule has 11 nitrogen and oxygen atoms in total. The van der Waals surface area contributed by atoms with Gasteiger partial charge in [0, 0.05) is 38.7 Å². The van der Waals surface area contributed by atoms with E-state index in [0.717, 1.165) is 42.1 Å². The van der Waals surface area contributed by atoms with Crippen molar-refractivity contribution in [2.24, 2.45) is 35.3 Å². The van der Waals surface area contributed by atoms with E-state index in [-0.39, 0.29) is 18.6 Å².